The lowest BCUT2D eigenvalue weighted by molar-refractivity contribution is -0.0737. The molecule has 8 heteroatoms. The van der Waals surface area contributed by atoms with E-state index in [-0.39, 0.29) is 24.4 Å². The molecule has 32 heavy (non-hydrogen) atoms. The van der Waals surface area contributed by atoms with E-state index in [1.54, 1.807) is 14.2 Å². The summed E-state index contributed by atoms with van der Waals surface area (Å²) in [6.45, 7) is 9.29. The molecule has 1 aliphatic rings. The minimum absolute atomic E-state index is 0.143. The van der Waals surface area contributed by atoms with Gasteiger partial charge >= 0.3 is 0 Å². The molecule has 0 amide bonds. The number of methoxy groups -OCH3 is 2. The number of hydrogen-bond donors (Lipinski definition) is 0. The smallest absolute Gasteiger partial charge is 0.122 e. The van der Waals surface area contributed by atoms with Gasteiger partial charge in [0.05, 0.1) is 87.8 Å². The molecule has 8 nitrogen and oxygen atoms in total. The third-order valence-electron chi connectivity index (χ3n) is 5.58. The Bertz CT molecular complexity index is 746. The maximum atomic E-state index is 6.03. The van der Waals surface area contributed by atoms with Gasteiger partial charge in [-0.3, -0.25) is 9.97 Å². The lowest BCUT2D eigenvalue weighted by Gasteiger charge is -2.23. The summed E-state index contributed by atoms with van der Waals surface area (Å²) >= 11 is 0. The Labute approximate surface area is 190 Å². The number of rotatable bonds is 2. The lowest BCUT2D eigenvalue weighted by atomic mass is 10.2. The summed E-state index contributed by atoms with van der Waals surface area (Å²) in [4.78, 5) is 9.33. The third kappa shape index (κ3) is 6.87. The molecule has 0 unspecified atom stereocenters. The Hall–Kier alpha value is -2.26. The second-order valence-electron chi connectivity index (χ2n) is 8.04. The van der Waals surface area contributed by atoms with E-state index in [1.165, 1.54) is 0 Å². The highest BCUT2D eigenvalue weighted by atomic mass is 16.5. The molecule has 4 atom stereocenters. The number of aromatic nitrogens is 2. The zero-order valence-corrected chi connectivity index (χ0v) is 19.8. The first kappa shape index (κ1) is 24.4. The first-order valence-corrected chi connectivity index (χ1v) is 10.9. The van der Waals surface area contributed by atoms with E-state index < -0.39 is 0 Å². The molecule has 3 rings (SSSR count). The molecule has 0 aromatic carbocycles. The van der Waals surface area contributed by atoms with Crippen LogP contribution in [0.15, 0.2) is 24.3 Å². The van der Waals surface area contributed by atoms with Crippen LogP contribution < -0.4 is 9.47 Å². The number of nitrogens with zero attached hydrogens (tertiary/aromatic N) is 2. The minimum Gasteiger partial charge on any atom is -0.497 e. The van der Waals surface area contributed by atoms with Crippen LogP contribution in [0.3, 0.4) is 0 Å². The number of ether oxygens (including phenoxy) is 6. The van der Waals surface area contributed by atoms with Gasteiger partial charge < -0.3 is 28.4 Å². The average molecular weight is 447 g/mol. The maximum absolute atomic E-state index is 6.03. The highest BCUT2D eigenvalue weighted by molar-refractivity contribution is 5.27. The topological polar surface area (TPSA) is 81.2 Å². The van der Waals surface area contributed by atoms with E-state index in [2.05, 4.69) is 9.97 Å². The highest BCUT2D eigenvalue weighted by Gasteiger charge is 2.18. The normalized spacial score (nSPS) is 25.4. The Morgan fingerprint density at radius 2 is 0.812 bits per heavy atom. The molecule has 4 bridgehead atoms. The molecule has 0 saturated carbocycles. The number of fused-ring (bicyclic) bond motifs is 4. The van der Waals surface area contributed by atoms with Crippen molar-refractivity contribution < 1.29 is 28.4 Å². The second-order valence-corrected chi connectivity index (χ2v) is 8.04. The maximum Gasteiger partial charge on any atom is 0.122 e. The molecule has 0 spiro atoms. The summed E-state index contributed by atoms with van der Waals surface area (Å²) in [5, 5.41) is 0. The van der Waals surface area contributed by atoms with Gasteiger partial charge in [-0.25, -0.2) is 0 Å². The van der Waals surface area contributed by atoms with Crippen molar-refractivity contribution in [2.24, 2.45) is 0 Å². The van der Waals surface area contributed by atoms with Crippen LogP contribution in [-0.4, -0.2) is 48.6 Å². The van der Waals surface area contributed by atoms with E-state index in [1.807, 2.05) is 52.0 Å². The summed E-state index contributed by atoms with van der Waals surface area (Å²) in [6, 6.07) is 7.49. The molecule has 0 saturated heterocycles. The van der Waals surface area contributed by atoms with E-state index in [0.717, 1.165) is 34.3 Å². The minimum atomic E-state index is -0.143. The Morgan fingerprint density at radius 3 is 1.03 bits per heavy atom. The van der Waals surface area contributed by atoms with E-state index in [4.69, 9.17) is 28.4 Å². The number of hydrogen-bond acceptors (Lipinski definition) is 8. The van der Waals surface area contributed by atoms with Crippen LogP contribution in [-0.2, 0) is 45.4 Å². The molecule has 3 heterocycles. The van der Waals surface area contributed by atoms with Gasteiger partial charge in [0.1, 0.15) is 11.5 Å². The fourth-order valence-electron chi connectivity index (χ4n) is 3.18. The molecular weight excluding hydrogens is 412 g/mol. The fraction of sp³-hybridized carbons (Fsp3) is 0.583. The summed E-state index contributed by atoms with van der Waals surface area (Å²) in [5.41, 5.74) is 3.11. The largest absolute Gasteiger partial charge is 0.497 e. The van der Waals surface area contributed by atoms with Gasteiger partial charge in [-0.05, 0) is 27.7 Å². The van der Waals surface area contributed by atoms with Gasteiger partial charge in [-0.2, -0.15) is 0 Å². The molecule has 176 valence electrons. The van der Waals surface area contributed by atoms with Crippen molar-refractivity contribution in [3.8, 4) is 11.5 Å². The van der Waals surface area contributed by atoms with Crippen molar-refractivity contribution in [2.45, 2.75) is 78.5 Å². The Kier molecular flexibility index (Phi) is 8.81. The lowest BCUT2D eigenvalue weighted by Crippen LogP contribution is -2.27. The van der Waals surface area contributed by atoms with Crippen LogP contribution in [0.4, 0.5) is 0 Å². The number of pyridine rings is 2. The van der Waals surface area contributed by atoms with Crippen molar-refractivity contribution in [3.63, 3.8) is 0 Å². The predicted molar refractivity (Wildman–Crippen MR) is 119 cm³/mol. The standard InChI is InChI=1S/C24H34N2O6/c1-15-16(2)30-12-20-8-24(28-6)10-22(26-20)14-32-18(4)17(3)31-13-21-9-23(27-5)7-19(25-21)11-29-15/h7-10,15-18H,11-14H2,1-6H3/t15-,16-,17-,18-/m1/s1. The third-order valence-corrected chi connectivity index (χ3v) is 5.58. The van der Waals surface area contributed by atoms with Crippen molar-refractivity contribution in [3.05, 3.63) is 47.0 Å². The monoisotopic (exact) mass is 446 g/mol. The fourth-order valence-corrected chi connectivity index (χ4v) is 3.18. The SMILES string of the molecule is COc1cc2nc(c1)CO[C@H](C)[C@@H](C)OCc1cc(OC)cc(n1)CO[C@H](C)[C@@H](C)OC2. The molecule has 0 N–H and O–H groups in total. The highest BCUT2D eigenvalue weighted by Crippen LogP contribution is 2.20. The summed E-state index contributed by atoms with van der Waals surface area (Å²) in [5.74, 6) is 1.44. The van der Waals surface area contributed by atoms with Gasteiger partial charge in [0.15, 0.2) is 0 Å². The summed E-state index contributed by atoms with van der Waals surface area (Å²) in [7, 11) is 3.27. The van der Waals surface area contributed by atoms with Crippen LogP contribution in [0.5, 0.6) is 11.5 Å². The average Bonchev–Trinajstić information content (AvgIpc) is 2.81. The molecule has 1 aliphatic heterocycles. The van der Waals surface area contributed by atoms with Crippen molar-refractivity contribution in [1.29, 1.82) is 0 Å². The zero-order valence-electron chi connectivity index (χ0n) is 19.8. The van der Waals surface area contributed by atoms with Gasteiger partial charge in [0.25, 0.3) is 0 Å². The Morgan fingerprint density at radius 1 is 0.562 bits per heavy atom. The molecule has 2 aromatic rings. The molecule has 0 radical (unpaired) electrons. The molecule has 0 fully saturated rings. The first-order chi connectivity index (χ1) is 15.4. The van der Waals surface area contributed by atoms with Crippen LogP contribution >= 0.6 is 0 Å². The van der Waals surface area contributed by atoms with Gasteiger partial charge in [-0.15, -0.1) is 0 Å². The van der Waals surface area contributed by atoms with Crippen LogP contribution in [0.1, 0.15) is 50.5 Å². The summed E-state index contributed by atoms with van der Waals surface area (Å²) in [6.07, 6.45) is -0.571. The van der Waals surface area contributed by atoms with Crippen molar-refractivity contribution >= 4 is 0 Å². The van der Waals surface area contributed by atoms with Crippen LogP contribution in [0.25, 0.3) is 0 Å². The predicted octanol–water partition coefficient (Wildman–Crippen LogP) is 3.83. The second kappa shape index (κ2) is 11.6. The molecule has 0 aliphatic carbocycles. The van der Waals surface area contributed by atoms with E-state index >= 15 is 0 Å². The molecule has 2 aromatic heterocycles. The van der Waals surface area contributed by atoms with E-state index in [9.17, 15) is 0 Å². The van der Waals surface area contributed by atoms with Crippen LogP contribution in [0.2, 0.25) is 0 Å². The van der Waals surface area contributed by atoms with Crippen LogP contribution in [0, 0.1) is 0 Å². The zero-order chi connectivity index (χ0) is 23.1. The van der Waals surface area contributed by atoms with Gasteiger partial charge in [0.2, 0.25) is 0 Å². The van der Waals surface area contributed by atoms with Gasteiger partial charge in [-0.1, -0.05) is 0 Å². The quantitative estimate of drug-likeness (QED) is 0.689. The first-order valence-electron chi connectivity index (χ1n) is 10.9. The van der Waals surface area contributed by atoms with Gasteiger partial charge in [0, 0.05) is 24.3 Å². The van der Waals surface area contributed by atoms with Crippen molar-refractivity contribution in [1.82, 2.24) is 9.97 Å². The Balaban J connectivity index is 1.82. The molecular formula is C24H34N2O6. The van der Waals surface area contributed by atoms with Crippen molar-refractivity contribution in [2.75, 3.05) is 14.2 Å². The van der Waals surface area contributed by atoms with E-state index in [0.29, 0.717) is 26.4 Å². The summed E-state index contributed by atoms with van der Waals surface area (Å²) < 4.78 is 35.0.